The second-order valence-electron chi connectivity index (χ2n) is 4.39. The Hall–Kier alpha value is -1.78. The molecule has 1 aliphatic rings. The van der Waals surface area contributed by atoms with E-state index in [4.69, 9.17) is 9.52 Å². The number of hydrogen-bond donors (Lipinski definition) is 2. The van der Waals surface area contributed by atoms with E-state index < -0.39 is 11.4 Å². The van der Waals surface area contributed by atoms with Crippen molar-refractivity contribution in [1.82, 2.24) is 5.32 Å². The molecule has 0 saturated heterocycles. The van der Waals surface area contributed by atoms with Crippen LogP contribution in [0.15, 0.2) is 16.5 Å². The smallest absolute Gasteiger partial charge is 0.311 e. The van der Waals surface area contributed by atoms with E-state index in [9.17, 15) is 9.59 Å². The second-order valence-corrected chi connectivity index (χ2v) is 4.39. The van der Waals surface area contributed by atoms with Gasteiger partial charge in [0, 0.05) is 13.0 Å². The predicted molar refractivity (Wildman–Crippen MR) is 59.7 cm³/mol. The van der Waals surface area contributed by atoms with Crippen LogP contribution >= 0.6 is 0 Å². The number of furan rings is 1. The van der Waals surface area contributed by atoms with Crippen LogP contribution in [0.4, 0.5) is 0 Å². The number of carboxylic acids is 1. The van der Waals surface area contributed by atoms with Crippen molar-refractivity contribution in [2.45, 2.75) is 26.2 Å². The van der Waals surface area contributed by atoms with Crippen LogP contribution in [0, 0.1) is 5.41 Å². The molecule has 1 amide bonds. The normalized spacial score (nSPS) is 16.5. The highest BCUT2D eigenvalue weighted by Crippen LogP contribution is 2.45. The van der Waals surface area contributed by atoms with Crippen molar-refractivity contribution in [3.8, 4) is 0 Å². The van der Waals surface area contributed by atoms with E-state index >= 15 is 0 Å². The van der Waals surface area contributed by atoms with Crippen molar-refractivity contribution in [3.63, 3.8) is 0 Å². The molecule has 1 aliphatic carbocycles. The zero-order valence-electron chi connectivity index (χ0n) is 9.66. The molecule has 1 aromatic rings. The monoisotopic (exact) mass is 237 g/mol. The number of carboxylic acid groups (broad SMARTS) is 1. The minimum Gasteiger partial charge on any atom is -0.481 e. The van der Waals surface area contributed by atoms with Gasteiger partial charge in [-0.1, -0.05) is 6.92 Å². The molecule has 1 saturated carbocycles. The summed E-state index contributed by atoms with van der Waals surface area (Å²) in [6.07, 6.45) is 1.98. The van der Waals surface area contributed by atoms with Gasteiger partial charge in [0.2, 0.25) is 0 Å². The molecule has 0 spiro atoms. The summed E-state index contributed by atoms with van der Waals surface area (Å²) in [5.74, 6) is -0.207. The molecule has 1 aromatic heterocycles. The van der Waals surface area contributed by atoms with E-state index in [1.54, 1.807) is 12.1 Å². The fraction of sp³-hybridized carbons (Fsp3) is 0.500. The standard InChI is InChI=1S/C12H15NO4/c1-2-8-3-4-9(17-8)10(14)13-7-12(5-6-12)11(15)16/h3-4H,2,5-7H2,1H3,(H,13,14)(H,15,16). The average Bonchev–Trinajstić information content (AvgIpc) is 2.96. The third kappa shape index (κ3) is 2.33. The van der Waals surface area contributed by atoms with Crippen LogP contribution in [0.5, 0.6) is 0 Å². The van der Waals surface area contributed by atoms with E-state index in [-0.39, 0.29) is 18.2 Å². The molecule has 92 valence electrons. The number of carbonyl (C=O) groups is 2. The largest absolute Gasteiger partial charge is 0.481 e. The van der Waals surface area contributed by atoms with Crippen LogP contribution in [0.3, 0.4) is 0 Å². The Bertz CT molecular complexity index is 445. The molecule has 0 aromatic carbocycles. The van der Waals surface area contributed by atoms with Gasteiger partial charge in [-0.15, -0.1) is 0 Å². The van der Waals surface area contributed by atoms with Crippen LogP contribution in [0.25, 0.3) is 0 Å². The first-order valence-corrected chi connectivity index (χ1v) is 5.68. The second kappa shape index (κ2) is 4.24. The van der Waals surface area contributed by atoms with Crippen LogP contribution in [-0.2, 0) is 11.2 Å². The molecule has 5 heteroatoms. The highest BCUT2D eigenvalue weighted by molar-refractivity contribution is 5.92. The van der Waals surface area contributed by atoms with Crippen LogP contribution in [0.2, 0.25) is 0 Å². The summed E-state index contributed by atoms with van der Waals surface area (Å²) < 4.78 is 5.28. The average molecular weight is 237 g/mol. The van der Waals surface area contributed by atoms with E-state index in [0.717, 1.165) is 12.2 Å². The lowest BCUT2D eigenvalue weighted by atomic mass is 10.1. The third-order valence-corrected chi connectivity index (χ3v) is 3.13. The van der Waals surface area contributed by atoms with Gasteiger partial charge in [-0.2, -0.15) is 0 Å². The van der Waals surface area contributed by atoms with Crippen LogP contribution in [-0.4, -0.2) is 23.5 Å². The molecular weight excluding hydrogens is 222 g/mol. The molecule has 0 aliphatic heterocycles. The van der Waals surface area contributed by atoms with Crippen molar-refractivity contribution in [2.24, 2.45) is 5.41 Å². The molecule has 17 heavy (non-hydrogen) atoms. The first-order valence-electron chi connectivity index (χ1n) is 5.68. The fourth-order valence-electron chi connectivity index (χ4n) is 1.64. The molecule has 5 nitrogen and oxygen atoms in total. The molecule has 0 bridgehead atoms. The number of carbonyl (C=O) groups excluding carboxylic acids is 1. The van der Waals surface area contributed by atoms with E-state index in [1.165, 1.54) is 0 Å². The summed E-state index contributed by atoms with van der Waals surface area (Å²) in [4.78, 5) is 22.6. The Kier molecular flexibility index (Phi) is 2.92. The summed E-state index contributed by atoms with van der Waals surface area (Å²) in [6.45, 7) is 2.10. The molecule has 0 radical (unpaired) electrons. The summed E-state index contributed by atoms with van der Waals surface area (Å²) in [6, 6.07) is 3.35. The molecule has 1 fully saturated rings. The Balaban J connectivity index is 1.91. The van der Waals surface area contributed by atoms with Gasteiger partial charge in [0.05, 0.1) is 5.41 Å². The van der Waals surface area contributed by atoms with Crippen molar-refractivity contribution in [3.05, 3.63) is 23.7 Å². The minimum absolute atomic E-state index is 0.170. The number of aryl methyl sites for hydroxylation is 1. The first-order chi connectivity index (χ1) is 8.07. The first kappa shape index (κ1) is 11.7. The zero-order chi connectivity index (χ0) is 12.5. The predicted octanol–water partition coefficient (Wildman–Crippen LogP) is 1.44. The summed E-state index contributed by atoms with van der Waals surface area (Å²) in [5, 5.41) is 11.6. The maximum Gasteiger partial charge on any atom is 0.311 e. The zero-order valence-corrected chi connectivity index (χ0v) is 9.66. The van der Waals surface area contributed by atoms with Gasteiger partial charge in [0.1, 0.15) is 5.76 Å². The number of aliphatic carboxylic acids is 1. The van der Waals surface area contributed by atoms with Crippen molar-refractivity contribution in [1.29, 1.82) is 0 Å². The number of amides is 1. The Morgan fingerprint density at radius 2 is 2.18 bits per heavy atom. The van der Waals surface area contributed by atoms with Gasteiger partial charge in [-0.25, -0.2) is 0 Å². The molecule has 1 heterocycles. The summed E-state index contributed by atoms with van der Waals surface area (Å²) >= 11 is 0. The highest BCUT2D eigenvalue weighted by atomic mass is 16.4. The highest BCUT2D eigenvalue weighted by Gasteiger charge is 2.50. The number of hydrogen-bond acceptors (Lipinski definition) is 3. The van der Waals surface area contributed by atoms with E-state index in [1.807, 2.05) is 6.92 Å². The Morgan fingerprint density at radius 1 is 1.47 bits per heavy atom. The molecule has 0 unspecified atom stereocenters. The maximum atomic E-state index is 11.7. The maximum absolute atomic E-state index is 11.7. The van der Waals surface area contributed by atoms with Gasteiger partial charge in [-0.3, -0.25) is 9.59 Å². The number of nitrogens with one attached hydrogen (secondary N) is 1. The molecule has 2 N–H and O–H groups in total. The lowest BCUT2D eigenvalue weighted by Gasteiger charge is -2.09. The van der Waals surface area contributed by atoms with Crippen LogP contribution in [0.1, 0.15) is 36.1 Å². The number of rotatable bonds is 5. The van der Waals surface area contributed by atoms with Crippen molar-refractivity contribution >= 4 is 11.9 Å². The van der Waals surface area contributed by atoms with E-state index in [0.29, 0.717) is 12.8 Å². The fourth-order valence-corrected chi connectivity index (χ4v) is 1.64. The van der Waals surface area contributed by atoms with Gasteiger partial charge >= 0.3 is 5.97 Å². The Labute approximate surface area is 98.8 Å². The Morgan fingerprint density at radius 3 is 2.65 bits per heavy atom. The van der Waals surface area contributed by atoms with Gasteiger partial charge < -0.3 is 14.8 Å². The van der Waals surface area contributed by atoms with Crippen molar-refractivity contribution < 1.29 is 19.1 Å². The SMILES string of the molecule is CCc1ccc(C(=O)NCC2(C(=O)O)CC2)o1. The van der Waals surface area contributed by atoms with Gasteiger partial charge in [0.25, 0.3) is 5.91 Å². The molecular formula is C12H15NO4. The van der Waals surface area contributed by atoms with Gasteiger partial charge in [0.15, 0.2) is 5.76 Å². The molecule has 0 atom stereocenters. The van der Waals surface area contributed by atoms with E-state index in [2.05, 4.69) is 5.32 Å². The van der Waals surface area contributed by atoms with Crippen molar-refractivity contribution in [2.75, 3.05) is 6.54 Å². The topological polar surface area (TPSA) is 79.5 Å². The minimum atomic E-state index is -0.841. The quantitative estimate of drug-likeness (QED) is 0.812. The summed E-state index contributed by atoms with van der Waals surface area (Å²) in [7, 11) is 0. The van der Waals surface area contributed by atoms with Gasteiger partial charge in [-0.05, 0) is 25.0 Å². The lowest BCUT2D eigenvalue weighted by Crippen LogP contribution is -2.34. The third-order valence-electron chi connectivity index (χ3n) is 3.13. The van der Waals surface area contributed by atoms with Crippen LogP contribution < -0.4 is 5.32 Å². The lowest BCUT2D eigenvalue weighted by molar-refractivity contribution is -0.143. The molecule has 2 rings (SSSR count). The summed E-state index contributed by atoms with van der Waals surface area (Å²) in [5.41, 5.74) is -0.740.